The van der Waals surface area contributed by atoms with Crippen LogP contribution in [0.4, 0.5) is 4.79 Å². The second kappa shape index (κ2) is 8.87. The largest absolute Gasteiger partial charge is 0.481 e. The van der Waals surface area contributed by atoms with Crippen LogP contribution in [0.3, 0.4) is 0 Å². The molecule has 1 aliphatic rings. The van der Waals surface area contributed by atoms with Gasteiger partial charge in [0.25, 0.3) is 0 Å². The summed E-state index contributed by atoms with van der Waals surface area (Å²) < 4.78 is 5.09. The zero-order valence-corrected chi connectivity index (χ0v) is 13.3. The predicted molar refractivity (Wildman–Crippen MR) is 80.2 cm³/mol. The van der Waals surface area contributed by atoms with Crippen LogP contribution < -0.4 is 5.32 Å². The van der Waals surface area contributed by atoms with Crippen molar-refractivity contribution in [3.63, 3.8) is 0 Å². The maximum absolute atomic E-state index is 12.4. The molecule has 0 aliphatic heterocycles. The maximum Gasteiger partial charge on any atom is 0.317 e. The second-order valence-corrected chi connectivity index (χ2v) is 5.73. The van der Waals surface area contributed by atoms with E-state index in [1.807, 2.05) is 13.8 Å². The molecular formula is C15H28N2O4. The molecule has 1 saturated carbocycles. The van der Waals surface area contributed by atoms with Gasteiger partial charge in [-0.3, -0.25) is 4.79 Å². The van der Waals surface area contributed by atoms with Crippen LogP contribution in [-0.2, 0) is 9.53 Å². The molecule has 6 nitrogen and oxygen atoms in total. The number of ether oxygens (including phenoxy) is 1. The fourth-order valence-corrected chi connectivity index (χ4v) is 3.00. The highest BCUT2D eigenvalue weighted by atomic mass is 16.5. The van der Waals surface area contributed by atoms with Crippen LogP contribution in [-0.4, -0.2) is 54.4 Å². The summed E-state index contributed by atoms with van der Waals surface area (Å²) in [5.74, 6) is -1.29. The molecule has 3 unspecified atom stereocenters. The molecule has 0 spiro atoms. The van der Waals surface area contributed by atoms with E-state index >= 15 is 0 Å². The van der Waals surface area contributed by atoms with Crippen LogP contribution in [0.1, 0.15) is 46.0 Å². The van der Waals surface area contributed by atoms with Crippen molar-refractivity contribution in [3.8, 4) is 0 Å². The lowest BCUT2D eigenvalue weighted by Crippen LogP contribution is -2.52. The SMILES string of the molecule is CCN(C(=O)NC1CCCCCC1C(=O)O)C(C)COC. The lowest BCUT2D eigenvalue weighted by Gasteiger charge is -2.31. The van der Waals surface area contributed by atoms with E-state index in [9.17, 15) is 14.7 Å². The maximum atomic E-state index is 12.4. The molecule has 0 radical (unpaired) electrons. The van der Waals surface area contributed by atoms with E-state index in [2.05, 4.69) is 5.32 Å². The Bertz CT molecular complexity index is 349. The van der Waals surface area contributed by atoms with Gasteiger partial charge in [0.15, 0.2) is 0 Å². The fourth-order valence-electron chi connectivity index (χ4n) is 3.00. The van der Waals surface area contributed by atoms with Crippen molar-refractivity contribution in [2.24, 2.45) is 5.92 Å². The van der Waals surface area contributed by atoms with Crippen molar-refractivity contribution in [3.05, 3.63) is 0 Å². The number of methoxy groups -OCH3 is 1. The minimum atomic E-state index is -0.810. The van der Waals surface area contributed by atoms with Crippen LogP contribution in [0.2, 0.25) is 0 Å². The molecule has 0 heterocycles. The smallest absolute Gasteiger partial charge is 0.317 e. The Morgan fingerprint density at radius 3 is 2.57 bits per heavy atom. The zero-order chi connectivity index (χ0) is 15.8. The minimum Gasteiger partial charge on any atom is -0.481 e. The molecule has 122 valence electrons. The van der Waals surface area contributed by atoms with E-state index in [-0.39, 0.29) is 18.1 Å². The number of nitrogens with zero attached hydrogens (tertiary/aromatic N) is 1. The summed E-state index contributed by atoms with van der Waals surface area (Å²) in [6.07, 6.45) is 4.29. The first kappa shape index (κ1) is 17.8. The van der Waals surface area contributed by atoms with Gasteiger partial charge < -0.3 is 20.1 Å². The summed E-state index contributed by atoms with van der Waals surface area (Å²) in [4.78, 5) is 25.5. The zero-order valence-electron chi connectivity index (χ0n) is 13.3. The number of rotatable bonds is 6. The molecule has 2 N–H and O–H groups in total. The number of carbonyl (C=O) groups excluding carboxylic acids is 1. The van der Waals surface area contributed by atoms with Crippen LogP contribution in [0, 0.1) is 5.92 Å². The minimum absolute atomic E-state index is 0.0333. The van der Waals surface area contributed by atoms with Gasteiger partial charge in [0.05, 0.1) is 18.6 Å². The van der Waals surface area contributed by atoms with E-state index in [0.717, 1.165) is 25.7 Å². The Kier molecular flexibility index (Phi) is 7.50. The number of urea groups is 1. The van der Waals surface area contributed by atoms with Crippen molar-refractivity contribution >= 4 is 12.0 Å². The monoisotopic (exact) mass is 300 g/mol. The van der Waals surface area contributed by atoms with Gasteiger partial charge in [0.2, 0.25) is 0 Å². The highest BCUT2D eigenvalue weighted by Crippen LogP contribution is 2.24. The van der Waals surface area contributed by atoms with E-state index in [0.29, 0.717) is 19.6 Å². The van der Waals surface area contributed by atoms with Gasteiger partial charge in [-0.1, -0.05) is 19.3 Å². The number of nitrogens with one attached hydrogen (secondary N) is 1. The summed E-state index contributed by atoms with van der Waals surface area (Å²) in [5.41, 5.74) is 0. The molecule has 0 saturated heterocycles. The lowest BCUT2D eigenvalue weighted by molar-refractivity contribution is -0.142. The Balaban J connectivity index is 2.70. The Hall–Kier alpha value is -1.30. The van der Waals surface area contributed by atoms with Crippen LogP contribution >= 0.6 is 0 Å². The molecule has 1 fully saturated rings. The number of amides is 2. The van der Waals surface area contributed by atoms with Gasteiger partial charge in [0, 0.05) is 19.7 Å². The average molecular weight is 300 g/mol. The Labute approximate surface area is 126 Å². The molecule has 1 rings (SSSR count). The van der Waals surface area contributed by atoms with E-state index < -0.39 is 11.9 Å². The number of carboxylic acid groups (broad SMARTS) is 1. The van der Waals surface area contributed by atoms with E-state index in [1.54, 1.807) is 12.0 Å². The summed E-state index contributed by atoms with van der Waals surface area (Å²) in [6, 6.07) is -0.504. The van der Waals surface area contributed by atoms with Crippen molar-refractivity contribution in [2.75, 3.05) is 20.3 Å². The van der Waals surface area contributed by atoms with Crippen molar-refractivity contribution in [1.29, 1.82) is 0 Å². The summed E-state index contributed by atoms with van der Waals surface area (Å²) in [7, 11) is 1.61. The number of hydrogen-bond acceptors (Lipinski definition) is 3. The molecule has 0 aromatic carbocycles. The number of carbonyl (C=O) groups is 2. The topological polar surface area (TPSA) is 78.9 Å². The van der Waals surface area contributed by atoms with Gasteiger partial charge in [-0.2, -0.15) is 0 Å². The first-order chi connectivity index (χ1) is 10.0. The second-order valence-electron chi connectivity index (χ2n) is 5.73. The first-order valence-electron chi connectivity index (χ1n) is 7.80. The number of likely N-dealkylation sites (N-methyl/N-ethyl adjacent to an activating group) is 1. The van der Waals surface area contributed by atoms with Crippen molar-refractivity contribution < 1.29 is 19.4 Å². The van der Waals surface area contributed by atoms with Crippen molar-refractivity contribution in [2.45, 2.75) is 58.0 Å². The number of carboxylic acids is 1. The molecule has 0 bridgehead atoms. The first-order valence-corrected chi connectivity index (χ1v) is 7.80. The van der Waals surface area contributed by atoms with Gasteiger partial charge in [-0.25, -0.2) is 4.79 Å². The highest BCUT2D eigenvalue weighted by Gasteiger charge is 2.32. The summed E-state index contributed by atoms with van der Waals surface area (Å²) in [6.45, 7) is 4.87. The number of hydrogen-bond donors (Lipinski definition) is 2. The molecule has 0 aromatic heterocycles. The van der Waals surface area contributed by atoms with Crippen LogP contribution in [0.5, 0.6) is 0 Å². The van der Waals surface area contributed by atoms with Gasteiger partial charge in [0.1, 0.15) is 0 Å². The van der Waals surface area contributed by atoms with Crippen molar-refractivity contribution in [1.82, 2.24) is 10.2 Å². The fraction of sp³-hybridized carbons (Fsp3) is 0.867. The normalized spacial score (nSPS) is 24.0. The molecule has 3 atom stereocenters. The molecule has 1 aliphatic carbocycles. The molecule has 2 amide bonds. The summed E-state index contributed by atoms with van der Waals surface area (Å²) in [5, 5.41) is 12.3. The molecule has 6 heteroatoms. The molecule has 21 heavy (non-hydrogen) atoms. The number of aliphatic carboxylic acids is 1. The van der Waals surface area contributed by atoms with Crippen LogP contribution in [0.25, 0.3) is 0 Å². The molecular weight excluding hydrogens is 272 g/mol. The average Bonchev–Trinajstić information content (AvgIpc) is 2.65. The third kappa shape index (κ3) is 5.19. The standard InChI is InChI=1S/C15H28N2O4/c1-4-17(11(2)10-21-3)15(20)16-13-9-7-5-6-8-12(13)14(18)19/h11-13H,4-10H2,1-3H3,(H,16,20)(H,18,19). The third-order valence-electron chi connectivity index (χ3n) is 4.18. The van der Waals surface area contributed by atoms with Gasteiger partial charge in [-0.15, -0.1) is 0 Å². The van der Waals surface area contributed by atoms with Gasteiger partial charge >= 0.3 is 12.0 Å². The quantitative estimate of drug-likeness (QED) is 0.736. The van der Waals surface area contributed by atoms with E-state index in [4.69, 9.17) is 4.74 Å². The Morgan fingerprint density at radius 2 is 2.00 bits per heavy atom. The summed E-state index contributed by atoms with van der Waals surface area (Å²) >= 11 is 0. The van der Waals surface area contributed by atoms with E-state index in [1.165, 1.54) is 0 Å². The highest BCUT2D eigenvalue weighted by molar-refractivity contribution is 5.77. The van der Waals surface area contributed by atoms with Gasteiger partial charge in [-0.05, 0) is 26.7 Å². The molecule has 0 aromatic rings. The lowest BCUT2D eigenvalue weighted by atomic mass is 9.95. The third-order valence-corrected chi connectivity index (χ3v) is 4.18. The van der Waals surface area contributed by atoms with Crippen LogP contribution in [0.15, 0.2) is 0 Å². The Morgan fingerprint density at radius 1 is 1.33 bits per heavy atom. The predicted octanol–water partition coefficient (Wildman–Crippen LogP) is 2.09.